The molecular weight excluding hydrogens is 396 g/mol. The first kappa shape index (κ1) is 20.1. The van der Waals surface area contributed by atoms with Gasteiger partial charge in [0.2, 0.25) is 0 Å². The first-order chi connectivity index (χ1) is 12.1. The molecule has 2 aromatic rings. The summed E-state index contributed by atoms with van der Waals surface area (Å²) >= 11 is 11.6. The number of rotatable bonds is 5. The summed E-state index contributed by atoms with van der Waals surface area (Å²) in [5.41, 5.74) is -1.59. The van der Waals surface area contributed by atoms with E-state index in [4.69, 9.17) is 23.2 Å². The minimum Gasteiger partial charge on any atom is -0.350 e. The Balaban J connectivity index is 1.89. The molecule has 0 spiro atoms. The van der Waals surface area contributed by atoms with Crippen molar-refractivity contribution in [3.63, 3.8) is 0 Å². The molecule has 6 nitrogen and oxygen atoms in total. The number of alkyl halides is 3. The lowest BCUT2D eigenvalue weighted by molar-refractivity contribution is -0.141. The Morgan fingerprint density at radius 2 is 1.73 bits per heavy atom. The largest absolute Gasteiger partial charge is 0.435 e. The fraction of sp³-hybridized carbons (Fsp3) is 0.267. The maximum Gasteiger partial charge on any atom is 0.435 e. The van der Waals surface area contributed by atoms with Crippen molar-refractivity contribution in [2.45, 2.75) is 6.18 Å². The van der Waals surface area contributed by atoms with E-state index in [0.29, 0.717) is 5.02 Å². The van der Waals surface area contributed by atoms with Crippen LogP contribution in [0.5, 0.6) is 0 Å². The summed E-state index contributed by atoms with van der Waals surface area (Å²) in [6.45, 7) is -0.0650. The number of hydrogen-bond donors (Lipinski definition) is 2. The van der Waals surface area contributed by atoms with E-state index < -0.39 is 29.2 Å². The van der Waals surface area contributed by atoms with Crippen molar-refractivity contribution in [1.29, 1.82) is 0 Å². The molecule has 0 aliphatic carbocycles. The highest BCUT2D eigenvalue weighted by molar-refractivity contribution is 6.42. The third kappa shape index (κ3) is 4.89. The summed E-state index contributed by atoms with van der Waals surface area (Å²) in [4.78, 5) is 23.8. The monoisotopic (exact) mass is 408 g/mol. The summed E-state index contributed by atoms with van der Waals surface area (Å²) in [7, 11) is 1.28. The van der Waals surface area contributed by atoms with Gasteiger partial charge in [-0.15, -0.1) is 0 Å². The fourth-order valence-corrected chi connectivity index (χ4v) is 2.35. The quantitative estimate of drug-likeness (QED) is 0.746. The molecule has 26 heavy (non-hydrogen) atoms. The molecule has 0 saturated carbocycles. The molecule has 0 aliphatic heterocycles. The second kappa shape index (κ2) is 7.96. The Kier molecular flexibility index (Phi) is 6.14. The Labute approximate surface area is 156 Å². The molecule has 0 radical (unpaired) electrons. The number of aromatic nitrogens is 2. The van der Waals surface area contributed by atoms with Gasteiger partial charge in [-0.05, 0) is 18.2 Å². The zero-order chi connectivity index (χ0) is 19.5. The smallest absolute Gasteiger partial charge is 0.350 e. The summed E-state index contributed by atoms with van der Waals surface area (Å²) in [5, 5.41) is 8.56. The van der Waals surface area contributed by atoms with E-state index >= 15 is 0 Å². The number of amides is 2. The summed E-state index contributed by atoms with van der Waals surface area (Å²) in [6, 6.07) is 4.30. The first-order valence-electron chi connectivity index (χ1n) is 7.22. The Morgan fingerprint density at radius 3 is 2.31 bits per heavy atom. The van der Waals surface area contributed by atoms with Gasteiger partial charge in [-0.2, -0.15) is 18.3 Å². The molecular formula is C15H13Cl2F3N4O2. The average Bonchev–Trinajstić information content (AvgIpc) is 2.96. The van der Waals surface area contributed by atoms with E-state index in [-0.39, 0.29) is 23.7 Å². The second-order valence-corrected chi connectivity index (χ2v) is 6.02. The SMILES string of the molecule is Cn1cc(C(=O)NCCNC(=O)c2ccc(Cl)c(Cl)c2)c(C(F)(F)F)n1. The number of halogens is 5. The highest BCUT2D eigenvalue weighted by Crippen LogP contribution is 2.30. The van der Waals surface area contributed by atoms with Crippen LogP contribution in [0.3, 0.4) is 0 Å². The minimum atomic E-state index is -4.74. The number of carbonyl (C=O) groups is 2. The predicted octanol–water partition coefficient (Wildman–Crippen LogP) is 2.91. The van der Waals surface area contributed by atoms with Crippen molar-refractivity contribution in [3.05, 3.63) is 51.3 Å². The summed E-state index contributed by atoms with van der Waals surface area (Å²) < 4.78 is 39.4. The van der Waals surface area contributed by atoms with Gasteiger partial charge in [-0.1, -0.05) is 23.2 Å². The Morgan fingerprint density at radius 1 is 1.12 bits per heavy atom. The van der Waals surface area contributed by atoms with Gasteiger partial charge in [0, 0.05) is 31.9 Å². The molecule has 2 rings (SSSR count). The highest BCUT2D eigenvalue weighted by Gasteiger charge is 2.38. The van der Waals surface area contributed by atoms with Crippen molar-refractivity contribution in [2.24, 2.45) is 7.05 Å². The maximum absolute atomic E-state index is 12.8. The van der Waals surface area contributed by atoms with E-state index in [9.17, 15) is 22.8 Å². The van der Waals surface area contributed by atoms with Gasteiger partial charge in [0.05, 0.1) is 15.6 Å². The maximum atomic E-state index is 12.8. The molecule has 1 aromatic heterocycles. The average molecular weight is 409 g/mol. The molecule has 0 fully saturated rings. The number of hydrogen-bond acceptors (Lipinski definition) is 3. The zero-order valence-electron chi connectivity index (χ0n) is 13.3. The summed E-state index contributed by atoms with van der Waals surface area (Å²) in [6.07, 6.45) is -3.76. The normalized spacial score (nSPS) is 11.3. The third-order valence-corrected chi connectivity index (χ3v) is 3.96. The molecule has 0 bridgehead atoms. The summed E-state index contributed by atoms with van der Waals surface area (Å²) in [5.74, 6) is -1.40. The molecule has 11 heteroatoms. The van der Waals surface area contributed by atoms with Crippen LogP contribution in [0.2, 0.25) is 10.0 Å². The van der Waals surface area contributed by atoms with Crippen LogP contribution in [0.4, 0.5) is 13.2 Å². The van der Waals surface area contributed by atoms with Crippen LogP contribution in [-0.4, -0.2) is 34.7 Å². The van der Waals surface area contributed by atoms with Gasteiger partial charge in [0.25, 0.3) is 11.8 Å². The van der Waals surface area contributed by atoms with E-state index in [2.05, 4.69) is 15.7 Å². The van der Waals surface area contributed by atoms with Crippen molar-refractivity contribution in [2.75, 3.05) is 13.1 Å². The van der Waals surface area contributed by atoms with Crippen LogP contribution in [0.1, 0.15) is 26.4 Å². The lowest BCUT2D eigenvalue weighted by atomic mass is 10.2. The van der Waals surface area contributed by atoms with Crippen LogP contribution >= 0.6 is 23.2 Å². The van der Waals surface area contributed by atoms with Crippen LogP contribution < -0.4 is 10.6 Å². The molecule has 0 aliphatic rings. The fourth-order valence-electron chi connectivity index (χ4n) is 2.05. The van der Waals surface area contributed by atoms with Gasteiger partial charge in [-0.25, -0.2) is 0 Å². The standard InChI is InChI=1S/C15H13Cl2F3N4O2/c1-24-7-9(12(23-24)15(18,19)20)14(26)22-5-4-21-13(25)8-2-3-10(16)11(17)6-8/h2-3,6-7H,4-5H2,1H3,(H,21,25)(H,22,26). The number of aryl methyl sites for hydroxylation is 1. The highest BCUT2D eigenvalue weighted by atomic mass is 35.5. The van der Waals surface area contributed by atoms with Crippen LogP contribution in [0, 0.1) is 0 Å². The molecule has 0 atom stereocenters. The molecule has 0 unspecified atom stereocenters. The lowest BCUT2D eigenvalue weighted by Crippen LogP contribution is -2.35. The molecule has 1 heterocycles. The van der Waals surface area contributed by atoms with E-state index in [0.717, 1.165) is 10.9 Å². The van der Waals surface area contributed by atoms with Gasteiger partial charge < -0.3 is 10.6 Å². The first-order valence-corrected chi connectivity index (χ1v) is 7.97. The van der Waals surface area contributed by atoms with Gasteiger partial charge in [-0.3, -0.25) is 14.3 Å². The van der Waals surface area contributed by atoms with E-state index in [1.807, 2.05) is 0 Å². The van der Waals surface area contributed by atoms with Crippen molar-refractivity contribution in [1.82, 2.24) is 20.4 Å². The van der Waals surface area contributed by atoms with Gasteiger partial charge >= 0.3 is 6.18 Å². The van der Waals surface area contributed by atoms with E-state index in [1.54, 1.807) is 0 Å². The number of carbonyl (C=O) groups excluding carboxylic acids is 2. The van der Waals surface area contributed by atoms with Crippen molar-refractivity contribution < 1.29 is 22.8 Å². The molecule has 140 valence electrons. The second-order valence-electron chi connectivity index (χ2n) is 5.20. The Bertz CT molecular complexity index is 837. The zero-order valence-corrected chi connectivity index (χ0v) is 14.8. The molecule has 0 saturated heterocycles. The van der Waals surface area contributed by atoms with Crippen molar-refractivity contribution >= 4 is 35.0 Å². The van der Waals surface area contributed by atoms with Crippen molar-refractivity contribution in [3.8, 4) is 0 Å². The minimum absolute atomic E-state index is 0.00638. The lowest BCUT2D eigenvalue weighted by Gasteiger charge is -2.09. The van der Waals surface area contributed by atoms with Crippen LogP contribution in [-0.2, 0) is 13.2 Å². The number of nitrogens with zero attached hydrogens (tertiary/aromatic N) is 2. The van der Waals surface area contributed by atoms with Gasteiger partial charge in [0.1, 0.15) is 0 Å². The Hall–Kier alpha value is -2.26. The van der Waals surface area contributed by atoms with E-state index in [1.165, 1.54) is 25.2 Å². The number of benzene rings is 1. The van der Waals surface area contributed by atoms with Crippen LogP contribution in [0.15, 0.2) is 24.4 Å². The third-order valence-electron chi connectivity index (χ3n) is 3.22. The number of nitrogens with one attached hydrogen (secondary N) is 2. The van der Waals surface area contributed by atoms with Crippen LogP contribution in [0.25, 0.3) is 0 Å². The molecule has 1 aromatic carbocycles. The molecule has 2 amide bonds. The predicted molar refractivity (Wildman–Crippen MR) is 89.3 cm³/mol. The topological polar surface area (TPSA) is 76.0 Å². The van der Waals surface area contributed by atoms with Gasteiger partial charge in [0.15, 0.2) is 5.69 Å². The molecule has 2 N–H and O–H groups in total.